The number of anilines is 1. The van der Waals surface area contributed by atoms with Crippen LogP contribution in [0.5, 0.6) is 0 Å². The fourth-order valence-corrected chi connectivity index (χ4v) is 2.07. The van der Waals surface area contributed by atoms with Crippen molar-refractivity contribution in [1.82, 2.24) is 0 Å². The van der Waals surface area contributed by atoms with Crippen LogP contribution in [0.15, 0.2) is 60.7 Å². The summed E-state index contributed by atoms with van der Waals surface area (Å²) in [5.74, 6) is -0.318. The third-order valence-electron chi connectivity index (χ3n) is 3.43. The van der Waals surface area contributed by atoms with Gasteiger partial charge in [0.25, 0.3) is 0 Å². The zero-order valence-electron chi connectivity index (χ0n) is 13.7. The van der Waals surface area contributed by atoms with Crippen LogP contribution < -0.4 is 4.90 Å². The molecular weight excluding hydrogens is 286 g/mol. The molecule has 0 amide bonds. The molecule has 0 fully saturated rings. The minimum Gasteiger partial charge on any atom is -0.465 e. The summed E-state index contributed by atoms with van der Waals surface area (Å²) in [5.41, 5.74) is 3.93. The fourth-order valence-electron chi connectivity index (χ4n) is 2.07. The monoisotopic (exact) mass is 307 g/mol. The third kappa shape index (κ3) is 4.85. The number of carbonyl (C=O) groups is 1. The van der Waals surface area contributed by atoms with Gasteiger partial charge in [-0.2, -0.15) is 0 Å². The first kappa shape index (κ1) is 16.6. The van der Waals surface area contributed by atoms with Gasteiger partial charge in [0.1, 0.15) is 0 Å². The van der Waals surface area contributed by atoms with E-state index < -0.39 is 0 Å². The maximum absolute atomic E-state index is 11.4. The van der Waals surface area contributed by atoms with Gasteiger partial charge in [-0.25, -0.2) is 4.79 Å². The summed E-state index contributed by atoms with van der Waals surface area (Å²) in [6.07, 6.45) is 8.02. The molecular formula is C20H21NO2. The van der Waals surface area contributed by atoms with E-state index >= 15 is 0 Å². The minimum atomic E-state index is -0.318. The van der Waals surface area contributed by atoms with Crippen molar-refractivity contribution < 1.29 is 9.53 Å². The van der Waals surface area contributed by atoms with Crippen LogP contribution in [0.4, 0.5) is 5.69 Å². The molecule has 118 valence electrons. The van der Waals surface area contributed by atoms with Crippen molar-refractivity contribution in [2.75, 3.05) is 26.1 Å². The largest absolute Gasteiger partial charge is 0.465 e. The van der Waals surface area contributed by atoms with E-state index in [0.717, 1.165) is 11.1 Å². The summed E-state index contributed by atoms with van der Waals surface area (Å²) in [5, 5.41) is 0. The third-order valence-corrected chi connectivity index (χ3v) is 3.43. The Kier molecular flexibility index (Phi) is 5.75. The molecule has 0 aliphatic carbocycles. The number of ether oxygens (including phenoxy) is 1. The molecule has 3 nitrogen and oxygen atoms in total. The maximum Gasteiger partial charge on any atom is 0.337 e. The van der Waals surface area contributed by atoms with Gasteiger partial charge in [0.2, 0.25) is 0 Å². The van der Waals surface area contributed by atoms with E-state index in [1.165, 1.54) is 12.8 Å². The van der Waals surface area contributed by atoms with E-state index in [1.807, 2.05) is 44.5 Å². The Morgan fingerprint density at radius 3 is 1.78 bits per heavy atom. The molecule has 0 unspecified atom stereocenters. The molecule has 0 spiro atoms. The number of esters is 1. The second kappa shape index (κ2) is 7.99. The van der Waals surface area contributed by atoms with Crippen LogP contribution in [-0.2, 0) is 4.74 Å². The van der Waals surface area contributed by atoms with Crippen molar-refractivity contribution in [2.24, 2.45) is 0 Å². The van der Waals surface area contributed by atoms with E-state index in [0.29, 0.717) is 5.56 Å². The number of methoxy groups -OCH3 is 1. The lowest BCUT2D eigenvalue weighted by molar-refractivity contribution is 0.0600. The molecule has 2 aromatic carbocycles. The molecule has 0 atom stereocenters. The maximum atomic E-state index is 11.4. The van der Waals surface area contributed by atoms with Gasteiger partial charge in [0.15, 0.2) is 0 Å². The Balaban J connectivity index is 1.96. The lowest BCUT2D eigenvalue weighted by Crippen LogP contribution is -2.07. The van der Waals surface area contributed by atoms with Crippen LogP contribution in [0, 0.1) is 0 Å². The van der Waals surface area contributed by atoms with Crippen molar-refractivity contribution in [2.45, 2.75) is 0 Å². The number of carbonyl (C=O) groups excluding carboxylic acids is 1. The molecule has 3 heteroatoms. The molecule has 2 aromatic rings. The van der Waals surface area contributed by atoms with Gasteiger partial charge in [-0.1, -0.05) is 48.6 Å². The quantitative estimate of drug-likeness (QED) is 0.610. The molecule has 0 saturated carbocycles. The molecule has 0 aromatic heterocycles. The molecule has 0 aliphatic heterocycles. The highest BCUT2D eigenvalue weighted by Crippen LogP contribution is 2.13. The molecule has 0 heterocycles. The van der Waals surface area contributed by atoms with Crippen LogP contribution in [0.3, 0.4) is 0 Å². The predicted molar refractivity (Wildman–Crippen MR) is 96.6 cm³/mol. The van der Waals surface area contributed by atoms with Gasteiger partial charge in [0.05, 0.1) is 12.7 Å². The second-order valence-corrected chi connectivity index (χ2v) is 5.32. The first-order valence-corrected chi connectivity index (χ1v) is 7.40. The number of hydrogen-bond donors (Lipinski definition) is 0. The zero-order valence-corrected chi connectivity index (χ0v) is 13.7. The van der Waals surface area contributed by atoms with Gasteiger partial charge in [0, 0.05) is 19.8 Å². The van der Waals surface area contributed by atoms with Crippen LogP contribution >= 0.6 is 0 Å². The van der Waals surface area contributed by atoms with Crippen LogP contribution in [-0.4, -0.2) is 27.2 Å². The normalized spacial score (nSPS) is 11.1. The van der Waals surface area contributed by atoms with E-state index in [4.69, 9.17) is 0 Å². The highest BCUT2D eigenvalue weighted by Gasteiger charge is 2.02. The fraction of sp³-hybridized carbons (Fsp3) is 0.150. The van der Waals surface area contributed by atoms with E-state index in [1.54, 1.807) is 12.1 Å². The lowest BCUT2D eigenvalue weighted by atomic mass is 10.1. The highest BCUT2D eigenvalue weighted by molar-refractivity contribution is 5.89. The van der Waals surface area contributed by atoms with Gasteiger partial charge < -0.3 is 9.64 Å². The Hall–Kier alpha value is -2.81. The summed E-state index contributed by atoms with van der Waals surface area (Å²) < 4.78 is 4.68. The van der Waals surface area contributed by atoms with Crippen molar-refractivity contribution >= 4 is 23.8 Å². The average molecular weight is 307 g/mol. The van der Waals surface area contributed by atoms with E-state index in [9.17, 15) is 4.79 Å². The van der Waals surface area contributed by atoms with Crippen LogP contribution in [0.25, 0.3) is 12.2 Å². The smallest absolute Gasteiger partial charge is 0.337 e. The van der Waals surface area contributed by atoms with E-state index in [-0.39, 0.29) is 5.97 Å². The Morgan fingerprint density at radius 2 is 1.35 bits per heavy atom. The molecule has 0 radical (unpaired) electrons. The number of allylic oxidation sites excluding steroid dienone is 2. The highest BCUT2D eigenvalue weighted by atomic mass is 16.5. The van der Waals surface area contributed by atoms with E-state index in [2.05, 4.69) is 40.0 Å². The number of nitrogens with zero attached hydrogens (tertiary/aromatic N) is 1. The number of hydrogen-bond acceptors (Lipinski definition) is 3. The Morgan fingerprint density at radius 1 is 0.870 bits per heavy atom. The van der Waals surface area contributed by atoms with Crippen molar-refractivity contribution in [3.8, 4) is 0 Å². The average Bonchev–Trinajstić information content (AvgIpc) is 2.59. The molecule has 0 aliphatic rings. The van der Waals surface area contributed by atoms with Crippen LogP contribution in [0.1, 0.15) is 21.5 Å². The van der Waals surface area contributed by atoms with Crippen LogP contribution in [0.2, 0.25) is 0 Å². The predicted octanol–water partition coefficient (Wildman–Crippen LogP) is 4.27. The number of benzene rings is 2. The zero-order chi connectivity index (χ0) is 16.7. The van der Waals surface area contributed by atoms with Gasteiger partial charge in [-0.3, -0.25) is 0 Å². The summed E-state index contributed by atoms with van der Waals surface area (Å²) in [4.78, 5) is 13.4. The van der Waals surface area contributed by atoms with Crippen molar-refractivity contribution in [3.63, 3.8) is 0 Å². The standard InChI is InChI=1S/C20H21NO2/c1-21(2)19-14-10-17(11-15-19)7-5-4-6-16-8-12-18(13-9-16)20(22)23-3/h4-15H,1-3H3. The molecule has 0 N–H and O–H groups in total. The molecule has 23 heavy (non-hydrogen) atoms. The minimum absolute atomic E-state index is 0.318. The van der Waals surface area contributed by atoms with Gasteiger partial charge >= 0.3 is 5.97 Å². The summed E-state index contributed by atoms with van der Waals surface area (Å²) >= 11 is 0. The van der Waals surface area contributed by atoms with Crippen molar-refractivity contribution in [3.05, 3.63) is 77.4 Å². The second-order valence-electron chi connectivity index (χ2n) is 5.32. The first-order chi connectivity index (χ1) is 11.1. The molecule has 0 saturated heterocycles. The number of rotatable bonds is 5. The Bertz CT molecular complexity index is 695. The van der Waals surface area contributed by atoms with Crippen molar-refractivity contribution in [1.29, 1.82) is 0 Å². The first-order valence-electron chi connectivity index (χ1n) is 7.40. The Labute approximate surface area is 137 Å². The molecule has 0 bridgehead atoms. The summed E-state index contributed by atoms with van der Waals surface area (Å²) in [7, 11) is 5.43. The SMILES string of the molecule is COC(=O)c1ccc(C=CC=Cc2ccc(N(C)C)cc2)cc1. The molecule has 2 rings (SSSR count). The van der Waals surface area contributed by atoms with Gasteiger partial charge in [-0.05, 0) is 35.4 Å². The summed E-state index contributed by atoms with van der Waals surface area (Å²) in [6, 6.07) is 15.7. The lowest BCUT2D eigenvalue weighted by Gasteiger charge is -2.11. The van der Waals surface area contributed by atoms with Gasteiger partial charge in [-0.15, -0.1) is 0 Å². The topological polar surface area (TPSA) is 29.5 Å². The summed E-state index contributed by atoms with van der Waals surface area (Å²) in [6.45, 7) is 0.